The maximum atomic E-state index is 13.0. The molecule has 0 amide bonds. The van der Waals surface area contributed by atoms with Crippen LogP contribution in [0.15, 0.2) is 24.3 Å². The van der Waals surface area contributed by atoms with Crippen LogP contribution >= 0.6 is 11.3 Å². The van der Waals surface area contributed by atoms with E-state index in [1.807, 2.05) is 4.52 Å². The molecule has 0 saturated heterocycles. The molecule has 0 atom stereocenters. The summed E-state index contributed by atoms with van der Waals surface area (Å²) < 4.78 is 14.8. The van der Waals surface area contributed by atoms with Gasteiger partial charge in [0.1, 0.15) is 10.8 Å². The Morgan fingerprint density at radius 2 is 1.86 bits per heavy atom. The minimum Gasteiger partial charge on any atom is -0.207 e. The summed E-state index contributed by atoms with van der Waals surface area (Å²) in [6, 6.07) is 6.51. The van der Waals surface area contributed by atoms with Gasteiger partial charge in [-0.2, -0.15) is 9.61 Å². The van der Waals surface area contributed by atoms with E-state index in [4.69, 9.17) is 5.10 Å². The van der Waals surface area contributed by atoms with Crippen LogP contribution in [0.4, 0.5) is 4.39 Å². The summed E-state index contributed by atoms with van der Waals surface area (Å²) >= 11 is 1.66. The Bertz CT molecular complexity index is 771. The van der Waals surface area contributed by atoms with Crippen molar-refractivity contribution in [2.45, 2.75) is 44.4 Å². The van der Waals surface area contributed by atoms with Crippen molar-refractivity contribution < 1.29 is 4.39 Å². The predicted molar refractivity (Wildman–Crippen MR) is 83.7 cm³/mol. The Hall–Kier alpha value is -1.82. The second-order valence-corrected chi connectivity index (χ2v) is 6.88. The standard InChI is InChI=1S/C16H17FN4S/c17-13-8-6-11(7-9-13)10-14-18-19-16-21(14)20-15(22-16)12-4-2-1-3-5-12/h6-9,12H,1-5,10H2. The SMILES string of the molecule is Fc1ccc(Cc2nnc3sc(C4CCCCC4)nn23)cc1. The third-order valence-corrected chi connectivity index (χ3v) is 5.36. The lowest BCUT2D eigenvalue weighted by Crippen LogP contribution is -2.05. The Balaban J connectivity index is 1.61. The van der Waals surface area contributed by atoms with Crippen LogP contribution in [0.3, 0.4) is 0 Å². The van der Waals surface area contributed by atoms with Gasteiger partial charge in [0.05, 0.1) is 0 Å². The van der Waals surface area contributed by atoms with Crippen LogP contribution in [0.5, 0.6) is 0 Å². The van der Waals surface area contributed by atoms with E-state index in [-0.39, 0.29) is 5.82 Å². The molecule has 2 heterocycles. The number of aromatic nitrogens is 4. The lowest BCUT2D eigenvalue weighted by atomic mass is 9.90. The van der Waals surface area contributed by atoms with Crippen LogP contribution in [0.25, 0.3) is 4.96 Å². The van der Waals surface area contributed by atoms with Gasteiger partial charge in [0.2, 0.25) is 4.96 Å². The number of fused-ring (bicyclic) bond motifs is 1. The predicted octanol–water partition coefficient (Wildman–Crippen LogP) is 3.96. The molecule has 0 N–H and O–H groups in total. The van der Waals surface area contributed by atoms with Gasteiger partial charge in [0, 0.05) is 12.3 Å². The first-order valence-corrected chi connectivity index (χ1v) is 8.57. The maximum absolute atomic E-state index is 13.0. The Morgan fingerprint density at radius 1 is 1.09 bits per heavy atom. The highest BCUT2D eigenvalue weighted by Gasteiger charge is 2.21. The van der Waals surface area contributed by atoms with Crippen molar-refractivity contribution in [1.82, 2.24) is 19.8 Å². The first-order chi connectivity index (χ1) is 10.8. The van der Waals surface area contributed by atoms with Gasteiger partial charge < -0.3 is 0 Å². The molecule has 0 aliphatic heterocycles. The fourth-order valence-corrected chi connectivity index (χ4v) is 4.11. The smallest absolute Gasteiger partial charge is 0.207 e. The molecule has 4 nitrogen and oxygen atoms in total. The molecule has 0 unspecified atom stereocenters. The van der Waals surface area contributed by atoms with Gasteiger partial charge in [-0.25, -0.2) is 4.39 Å². The third-order valence-electron chi connectivity index (χ3n) is 4.30. The molecule has 3 aromatic rings. The first kappa shape index (κ1) is 13.8. The second kappa shape index (κ2) is 5.76. The molecule has 4 rings (SSSR count). The largest absolute Gasteiger partial charge is 0.234 e. The average molecular weight is 316 g/mol. The van der Waals surface area contributed by atoms with Crippen LogP contribution in [-0.4, -0.2) is 19.8 Å². The molecule has 114 valence electrons. The number of halogens is 1. The molecule has 1 fully saturated rings. The summed E-state index contributed by atoms with van der Waals surface area (Å²) in [5.74, 6) is 1.18. The van der Waals surface area contributed by atoms with E-state index in [1.165, 1.54) is 49.2 Å². The quantitative estimate of drug-likeness (QED) is 0.734. The Kier molecular flexibility index (Phi) is 3.62. The monoisotopic (exact) mass is 316 g/mol. The van der Waals surface area contributed by atoms with Crippen molar-refractivity contribution >= 4 is 16.3 Å². The Morgan fingerprint density at radius 3 is 2.64 bits per heavy atom. The molecule has 1 aliphatic carbocycles. The molecule has 0 radical (unpaired) electrons. The lowest BCUT2D eigenvalue weighted by molar-refractivity contribution is 0.439. The zero-order chi connectivity index (χ0) is 14.9. The number of hydrogen-bond acceptors (Lipinski definition) is 4. The fraction of sp³-hybridized carbons (Fsp3) is 0.438. The molecular weight excluding hydrogens is 299 g/mol. The van der Waals surface area contributed by atoms with Gasteiger partial charge in [-0.3, -0.25) is 0 Å². The summed E-state index contributed by atoms with van der Waals surface area (Å²) in [7, 11) is 0. The summed E-state index contributed by atoms with van der Waals surface area (Å²) in [4.78, 5) is 0.859. The molecular formula is C16H17FN4S. The first-order valence-electron chi connectivity index (χ1n) is 7.75. The molecule has 1 aromatic carbocycles. The topological polar surface area (TPSA) is 43.1 Å². The van der Waals surface area contributed by atoms with Gasteiger partial charge in [0.25, 0.3) is 0 Å². The molecule has 22 heavy (non-hydrogen) atoms. The summed E-state index contributed by atoms with van der Waals surface area (Å²) in [6.07, 6.45) is 7.03. The zero-order valence-electron chi connectivity index (χ0n) is 12.2. The van der Waals surface area contributed by atoms with Crippen molar-refractivity contribution in [3.8, 4) is 0 Å². The minimum atomic E-state index is -0.219. The molecule has 2 aromatic heterocycles. The van der Waals surface area contributed by atoms with E-state index < -0.39 is 0 Å². The summed E-state index contributed by atoms with van der Waals surface area (Å²) in [6.45, 7) is 0. The molecule has 1 saturated carbocycles. The number of hydrogen-bond donors (Lipinski definition) is 0. The average Bonchev–Trinajstić information content (AvgIpc) is 3.12. The fourth-order valence-electron chi connectivity index (χ4n) is 3.08. The number of rotatable bonds is 3. The normalized spacial score (nSPS) is 16.4. The highest BCUT2D eigenvalue weighted by atomic mass is 32.1. The van der Waals surface area contributed by atoms with Crippen molar-refractivity contribution in [1.29, 1.82) is 0 Å². The second-order valence-electron chi connectivity index (χ2n) is 5.89. The van der Waals surface area contributed by atoms with E-state index in [9.17, 15) is 4.39 Å². The third kappa shape index (κ3) is 2.63. The van der Waals surface area contributed by atoms with E-state index >= 15 is 0 Å². The van der Waals surface area contributed by atoms with Crippen molar-refractivity contribution in [2.75, 3.05) is 0 Å². The van der Waals surface area contributed by atoms with E-state index in [0.717, 1.165) is 16.3 Å². The Labute approximate surface area is 132 Å². The van der Waals surface area contributed by atoms with Gasteiger partial charge in [-0.1, -0.05) is 42.7 Å². The van der Waals surface area contributed by atoms with Crippen LogP contribution in [-0.2, 0) is 6.42 Å². The van der Waals surface area contributed by atoms with Gasteiger partial charge in [-0.15, -0.1) is 10.2 Å². The van der Waals surface area contributed by atoms with E-state index in [2.05, 4.69) is 10.2 Å². The van der Waals surface area contributed by atoms with Gasteiger partial charge >= 0.3 is 0 Å². The van der Waals surface area contributed by atoms with Crippen molar-refractivity contribution in [3.05, 3.63) is 46.5 Å². The number of nitrogens with zero attached hydrogens (tertiary/aromatic N) is 4. The van der Waals surface area contributed by atoms with Crippen molar-refractivity contribution in [3.63, 3.8) is 0 Å². The summed E-state index contributed by atoms with van der Waals surface area (Å²) in [5.41, 5.74) is 1.02. The van der Waals surface area contributed by atoms with Crippen LogP contribution in [0.1, 0.15) is 54.4 Å². The van der Waals surface area contributed by atoms with Crippen LogP contribution in [0, 0.1) is 5.82 Å². The zero-order valence-corrected chi connectivity index (χ0v) is 13.0. The summed E-state index contributed by atoms with van der Waals surface area (Å²) in [5, 5.41) is 14.4. The van der Waals surface area contributed by atoms with E-state index in [1.54, 1.807) is 23.5 Å². The molecule has 1 aliphatic rings. The minimum absolute atomic E-state index is 0.219. The highest BCUT2D eigenvalue weighted by molar-refractivity contribution is 7.16. The highest BCUT2D eigenvalue weighted by Crippen LogP contribution is 2.34. The van der Waals surface area contributed by atoms with Gasteiger partial charge in [0.15, 0.2) is 5.82 Å². The van der Waals surface area contributed by atoms with Gasteiger partial charge in [-0.05, 0) is 30.5 Å². The molecule has 0 bridgehead atoms. The molecule has 6 heteroatoms. The lowest BCUT2D eigenvalue weighted by Gasteiger charge is -2.18. The maximum Gasteiger partial charge on any atom is 0.234 e. The van der Waals surface area contributed by atoms with Crippen LogP contribution in [0.2, 0.25) is 0 Å². The molecule has 0 spiro atoms. The van der Waals surface area contributed by atoms with Crippen LogP contribution < -0.4 is 0 Å². The van der Waals surface area contributed by atoms with Crippen molar-refractivity contribution in [2.24, 2.45) is 0 Å². The number of benzene rings is 1. The van der Waals surface area contributed by atoms with E-state index in [0.29, 0.717) is 12.3 Å².